The third-order valence-electron chi connectivity index (χ3n) is 2.09. The van der Waals surface area contributed by atoms with Gasteiger partial charge in [0, 0.05) is 11.1 Å². The predicted octanol–water partition coefficient (Wildman–Crippen LogP) is 3.82. The van der Waals surface area contributed by atoms with Crippen LogP contribution in [-0.4, -0.2) is 0 Å². The predicted molar refractivity (Wildman–Crippen MR) is 59.8 cm³/mol. The standard InChI is InChI=1S/C11H13NOS/c1-8-3-4-11(13-8)9(2)12-10-5-6-14-7-10/h3-7,9,12H,1-2H3. The lowest BCUT2D eigenvalue weighted by atomic mass is 10.2. The van der Waals surface area contributed by atoms with Gasteiger partial charge >= 0.3 is 0 Å². The highest BCUT2D eigenvalue weighted by Crippen LogP contribution is 2.22. The van der Waals surface area contributed by atoms with Crippen molar-refractivity contribution in [3.8, 4) is 0 Å². The third kappa shape index (κ3) is 1.99. The maximum absolute atomic E-state index is 5.53. The zero-order valence-electron chi connectivity index (χ0n) is 8.28. The van der Waals surface area contributed by atoms with Gasteiger partial charge in [0.25, 0.3) is 0 Å². The van der Waals surface area contributed by atoms with Crippen LogP contribution >= 0.6 is 11.3 Å². The van der Waals surface area contributed by atoms with Gasteiger partial charge in [0.05, 0.1) is 6.04 Å². The molecule has 2 aromatic rings. The molecular formula is C11H13NOS. The van der Waals surface area contributed by atoms with Gasteiger partial charge in [-0.05, 0) is 37.4 Å². The van der Waals surface area contributed by atoms with Crippen LogP contribution in [0.15, 0.2) is 33.4 Å². The Balaban J connectivity index is 2.06. The number of hydrogen-bond acceptors (Lipinski definition) is 3. The van der Waals surface area contributed by atoms with E-state index in [4.69, 9.17) is 4.42 Å². The van der Waals surface area contributed by atoms with Crippen molar-refractivity contribution in [2.24, 2.45) is 0 Å². The lowest BCUT2D eigenvalue weighted by Gasteiger charge is -2.10. The molecule has 0 aliphatic heterocycles. The number of thiophene rings is 1. The SMILES string of the molecule is Cc1ccc(C(C)Nc2ccsc2)o1. The van der Waals surface area contributed by atoms with Crippen LogP contribution in [-0.2, 0) is 0 Å². The number of nitrogens with one attached hydrogen (secondary N) is 1. The van der Waals surface area contributed by atoms with E-state index < -0.39 is 0 Å². The van der Waals surface area contributed by atoms with Crippen molar-refractivity contribution in [3.05, 3.63) is 40.5 Å². The maximum Gasteiger partial charge on any atom is 0.126 e. The Morgan fingerprint density at radius 2 is 2.21 bits per heavy atom. The average molecular weight is 207 g/mol. The zero-order valence-corrected chi connectivity index (χ0v) is 9.10. The van der Waals surface area contributed by atoms with Gasteiger partial charge in [-0.3, -0.25) is 0 Å². The number of furan rings is 1. The fraction of sp³-hybridized carbons (Fsp3) is 0.273. The van der Waals surface area contributed by atoms with E-state index in [2.05, 4.69) is 29.1 Å². The minimum atomic E-state index is 0.221. The summed E-state index contributed by atoms with van der Waals surface area (Å²) in [4.78, 5) is 0. The highest BCUT2D eigenvalue weighted by molar-refractivity contribution is 7.08. The molecule has 1 atom stereocenters. The molecule has 0 bridgehead atoms. The molecule has 2 aromatic heterocycles. The molecule has 0 saturated carbocycles. The van der Waals surface area contributed by atoms with Crippen molar-refractivity contribution in [2.75, 3.05) is 5.32 Å². The fourth-order valence-corrected chi connectivity index (χ4v) is 1.95. The van der Waals surface area contributed by atoms with Crippen molar-refractivity contribution in [1.82, 2.24) is 0 Å². The quantitative estimate of drug-likeness (QED) is 0.827. The summed E-state index contributed by atoms with van der Waals surface area (Å²) in [6, 6.07) is 6.29. The molecule has 2 heterocycles. The Morgan fingerprint density at radius 1 is 1.36 bits per heavy atom. The summed E-state index contributed by atoms with van der Waals surface area (Å²) >= 11 is 1.69. The second-order valence-corrected chi connectivity index (χ2v) is 4.11. The molecule has 0 aromatic carbocycles. The molecule has 0 aliphatic rings. The van der Waals surface area contributed by atoms with Crippen LogP contribution in [0.2, 0.25) is 0 Å². The highest BCUT2D eigenvalue weighted by Gasteiger charge is 2.08. The molecule has 3 heteroatoms. The monoisotopic (exact) mass is 207 g/mol. The zero-order chi connectivity index (χ0) is 9.97. The Morgan fingerprint density at radius 3 is 2.79 bits per heavy atom. The number of rotatable bonds is 3. The summed E-state index contributed by atoms with van der Waals surface area (Å²) in [7, 11) is 0. The normalized spacial score (nSPS) is 12.7. The van der Waals surface area contributed by atoms with E-state index in [1.807, 2.05) is 19.1 Å². The first-order valence-corrected chi connectivity index (χ1v) is 5.55. The van der Waals surface area contributed by atoms with E-state index in [1.165, 1.54) is 0 Å². The van der Waals surface area contributed by atoms with Crippen molar-refractivity contribution >= 4 is 17.0 Å². The van der Waals surface area contributed by atoms with Crippen LogP contribution in [0.5, 0.6) is 0 Å². The topological polar surface area (TPSA) is 25.2 Å². The molecule has 0 fully saturated rings. The Bertz CT molecular complexity index is 391. The summed E-state index contributed by atoms with van der Waals surface area (Å²) in [6.07, 6.45) is 0. The first-order valence-electron chi connectivity index (χ1n) is 4.61. The second kappa shape index (κ2) is 3.88. The van der Waals surface area contributed by atoms with Gasteiger partial charge in [-0.2, -0.15) is 11.3 Å². The third-order valence-corrected chi connectivity index (χ3v) is 2.78. The van der Waals surface area contributed by atoms with Gasteiger partial charge in [-0.15, -0.1) is 0 Å². The Labute approximate surface area is 87.6 Å². The molecule has 0 aliphatic carbocycles. The highest BCUT2D eigenvalue weighted by atomic mass is 32.1. The molecule has 14 heavy (non-hydrogen) atoms. The number of aryl methyl sites for hydroxylation is 1. The molecule has 74 valence electrons. The van der Waals surface area contributed by atoms with E-state index in [-0.39, 0.29) is 6.04 Å². The van der Waals surface area contributed by atoms with E-state index >= 15 is 0 Å². The lowest BCUT2D eigenvalue weighted by Crippen LogP contribution is -2.04. The van der Waals surface area contributed by atoms with Gasteiger partial charge in [0.15, 0.2) is 0 Å². The van der Waals surface area contributed by atoms with Crippen molar-refractivity contribution < 1.29 is 4.42 Å². The molecule has 0 radical (unpaired) electrons. The summed E-state index contributed by atoms with van der Waals surface area (Å²) in [5.41, 5.74) is 1.15. The van der Waals surface area contributed by atoms with Gasteiger partial charge < -0.3 is 9.73 Å². The second-order valence-electron chi connectivity index (χ2n) is 3.33. The first kappa shape index (κ1) is 9.34. The summed E-state index contributed by atoms with van der Waals surface area (Å²) in [5.74, 6) is 1.94. The number of anilines is 1. The van der Waals surface area contributed by atoms with Gasteiger partial charge in [-0.25, -0.2) is 0 Å². The van der Waals surface area contributed by atoms with E-state index in [1.54, 1.807) is 11.3 Å². The molecule has 2 rings (SSSR count). The van der Waals surface area contributed by atoms with Crippen LogP contribution in [0.4, 0.5) is 5.69 Å². The lowest BCUT2D eigenvalue weighted by molar-refractivity contribution is 0.467. The van der Waals surface area contributed by atoms with Crippen molar-refractivity contribution in [2.45, 2.75) is 19.9 Å². The van der Waals surface area contributed by atoms with Gasteiger partial charge in [0.2, 0.25) is 0 Å². The average Bonchev–Trinajstić information content (AvgIpc) is 2.75. The van der Waals surface area contributed by atoms with E-state index in [0.717, 1.165) is 17.2 Å². The van der Waals surface area contributed by atoms with Crippen molar-refractivity contribution in [1.29, 1.82) is 0 Å². The molecular weight excluding hydrogens is 194 g/mol. The minimum absolute atomic E-state index is 0.221. The first-order chi connectivity index (χ1) is 6.75. The summed E-state index contributed by atoms with van der Waals surface area (Å²) in [6.45, 7) is 4.05. The minimum Gasteiger partial charge on any atom is -0.464 e. The maximum atomic E-state index is 5.53. The smallest absolute Gasteiger partial charge is 0.126 e. The molecule has 0 spiro atoms. The molecule has 0 saturated heterocycles. The van der Waals surface area contributed by atoms with Crippen LogP contribution in [0.25, 0.3) is 0 Å². The van der Waals surface area contributed by atoms with E-state index in [0.29, 0.717) is 0 Å². The molecule has 0 amide bonds. The Hall–Kier alpha value is -1.22. The van der Waals surface area contributed by atoms with Crippen LogP contribution in [0, 0.1) is 6.92 Å². The Kier molecular flexibility index (Phi) is 2.59. The van der Waals surface area contributed by atoms with Crippen LogP contribution in [0.3, 0.4) is 0 Å². The van der Waals surface area contributed by atoms with Crippen molar-refractivity contribution in [3.63, 3.8) is 0 Å². The van der Waals surface area contributed by atoms with E-state index in [9.17, 15) is 0 Å². The molecule has 2 nitrogen and oxygen atoms in total. The fourth-order valence-electron chi connectivity index (χ4n) is 1.35. The largest absolute Gasteiger partial charge is 0.464 e. The molecule has 1 unspecified atom stereocenters. The van der Waals surface area contributed by atoms with Crippen LogP contribution in [0.1, 0.15) is 24.5 Å². The van der Waals surface area contributed by atoms with Gasteiger partial charge in [-0.1, -0.05) is 0 Å². The van der Waals surface area contributed by atoms with Gasteiger partial charge in [0.1, 0.15) is 11.5 Å². The summed E-state index contributed by atoms with van der Waals surface area (Å²) in [5, 5.41) is 7.52. The molecule has 1 N–H and O–H groups in total. The summed E-state index contributed by atoms with van der Waals surface area (Å²) < 4.78 is 5.53. The number of hydrogen-bond donors (Lipinski definition) is 1. The van der Waals surface area contributed by atoms with Crippen LogP contribution < -0.4 is 5.32 Å².